The highest BCUT2D eigenvalue weighted by Crippen LogP contribution is 2.06. The lowest BCUT2D eigenvalue weighted by atomic mass is 10.3. The minimum absolute atomic E-state index is 0.0759. The predicted molar refractivity (Wildman–Crippen MR) is 56.4 cm³/mol. The number of anilines is 1. The first-order chi connectivity index (χ1) is 6.65. The van der Waals surface area contributed by atoms with Crippen molar-refractivity contribution in [2.45, 2.75) is 6.92 Å². The summed E-state index contributed by atoms with van der Waals surface area (Å²) in [5, 5.41) is 3.12. The van der Waals surface area contributed by atoms with E-state index in [9.17, 15) is 4.79 Å². The fourth-order valence-electron chi connectivity index (χ4n) is 1.06. The molecule has 1 aromatic heterocycles. The molecule has 0 aliphatic heterocycles. The van der Waals surface area contributed by atoms with E-state index in [1.807, 2.05) is 13.0 Å². The molecule has 0 bridgehead atoms. The topological polar surface area (TPSA) is 45.2 Å². The molecule has 1 aromatic rings. The number of amides is 1. The maximum absolute atomic E-state index is 11.5. The molecular formula is C10H15N3O. The van der Waals surface area contributed by atoms with Crippen LogP contribution in [0.25, 0.3) is 0 Å². The Morgan fingerprint density at radius 2 is 2.21 bits per heavy atom. The van der Waals surface area contributed by atoms with Crippen LogP contribution in [0, 0.1) is 0 Å². The Hall–Kier alpha value is -1.58. The highest BCUT2D eigenvalue weighted by atomic mass is 16.2. The van der Waals surface area contributed by atoms with Gasteiger partial charge in [-0.25, -0.2) is 4.98 Å². The molecule has 4 nitrogen and oxygen atoms in total. The van der Waals surface area contributed by atoms with Gasteiger partial charge in [0.25, 0.3) is 5.91 Å². The molecule has 0 atom stereocenters. The van der Waals surface area contributed by atoms with Crippen molar-refractivity contribution < 1.29 is 4.79 Å². The molecule has 1 heterocycles. The van der Waals surface area contributed by atoms with Crippen LogP contribution in [0.5, 0.6) is 0 Å². The second-order valence-corrected chi connectivity index (χ2v) is 3.16. The van der Waals surface area contributed by atoms with Crippen LogP contribution in [0.3, 0.4) is 0 Å². The van der Waals surface area contributed by atoms with Gasteiger partial charge in [0, 0.05) is 20.6 Å². The van der Waals surface area contributed by atoms with Gasteiger partial charge in [-0.2, -0.15) is 0 Å². The first-order valence-corrected chi connectivity index (χ1v) is 4.56. The molecule has 0 saturated heterocycles. The Balaban J connectivity index is 2.78. The lowest BCUT2D eigenvalue weighted by Gasteiger charge is -2.09. The smallest absolute Gasteiger partial charge is 0.271 e. The number of hydrogen-bond donors (Lipinski definition) is 1. The van der Waals surface area contributed by atoms with E-state index in [-0.39, 0.29) is 5.91 Å². The maximum atomic E-state index is 11.5. The average Bonchev–Trinajstić information content (AvgIpc) is 2.18. The third kappa shape index (κ3) is 2.45. The summed E-state index contributed by atoms with van der Waals surface area (Å²) >= 11 is 0. The van der Waals surface area contributed by atoms with Gasteiger partial charge in [-0.1, -0.05) is 0 Å². The summed E-state index contributed by atoms with van der Waals surface area (Å²) < 4.78 is 0. The van der Waals surface area contributed by atoms with Crippen LogP contribution < -0.4 is 5.32 Å². The van der Waals surface area contributed by atoms with Crippen molar-refractivity contribution in [2.24, 2.45) is 0 Å². The lowest BCUT2D eigenvalue weighted by molar-refractivity contribution is 0.0822. The molecule has 14 heavy (non-hydrogen) atoms. The molecule has 0 radical (unpaired) electrons. The average molecular weight is 193 g/mol. The van der Waals surface area contributed by atoms with E-state index in [0.29, 0.717) is 5.69 Å². The normalized spacial score (nSPS) is 9.64. The van der Waals surface area contributed by atoms with Crippen molar-refractivity contribution in [2.75, 3.05) is 26.0 Å². The summed E-state index contributed by atoms with van der Waals surface area (Å²) in [5.74, 6) is -0.0759. The molecular weight excluding hydrogens is 178 g/mol. The summed E-state index contributed by atoms with van der Waals surface area (Å²) in [7, 11) is 3.42. The molecule has 1 amide bonds. The lowest BCUT2D eigenvalue weighted by Crippen LogP contribution is -2.22. The quantitative estimate of drug-likeness (QED) is 0.785. The minimum Gasteiger partial charge on any atom is -0.384 e. The van der Waals surface area contributed by atoms with Gasteiger partial charge in [0.15, 0.2) is 0 Å². The van der Waals surface area contributed by atoms with Crippen molar-refractivity contribution >= 4 is 11.6 Å². The SMILES string of the molecule is CCNc1ccc(C(=O)N(C)C)nc1. The van der Waals surface area contributed by atoms with Crippen LogP contribution in [0.15, 0.2) is 18.3 Å². The number of rotatable bonds is 3. The third-order valence-corrected chi connectivity index (χ3v) is 1.77. The number of pyridine rings is 1. The van der Waals surface area contributed by atoms with E-state index in [4.69, 9.17) is 0 Å². The first-order valence-electron chi connectivity index (χ1n) is 4.56. The minimum atomic E-state index is -0.0759. The number of nitrogens with one attached hydrogen (secondary N) is 1. The van der Waals surface area contributed by atoms with Gasteiger partial charge in [0.2, 0.25) is 0 Å². The van der Waals surface area contributed by atoms with Crippen molar-refractivity contribution in [1.29, 1.82) is 0 Å². The van der Waals surface area contributed by atoms with E-state index < -0.39 is 0 Å². The molecule has 1 N–H and O–H groups in total. The number of carbonyl (C=O) groups excluding carboxylic acids is 1. The molecule has 1 rings (SSSR count). The highest BCUT2D eigenvalue weighted by molar-refractivity contribution is 5.92. The van der Waals surface area contributed by atoms with Gasteiger partial charge in [-0.05, 0) is 19.1 Å². The number of aromatic nitrogens is 1. The van der Waals surface area contributed by atoms with Gasteiger partial charge in [-0.15, -0.1) is 0 Å². The van der Waals surface area contributed by atoms with Crippen LogP contribution in [0.1, 0.15) is 17.4 Å². The van der Waals surface area contributed by atoms with Crippen molar-refractivity contribution in [3.63, 3.8) is 0 Å². The van der Waals surface area contributed by atoms with Crippen LogP contribution in [0.4, 0.5) is 5.69 Å². The summed E-state index contributed by atoms with van der Waals surface area (Å²) in [6, 6.07) is 3.58. The zero-order chi connectivity index (χ0) is 10.6. The molecule has 0 unspecified atom stereocenters. The second kappa shape index (κ2) is 4.60. The largest absolute Gasteiger partial charge is 0.384 e. The fourth-order valence-corrected chi connectivity index (χ4v) is 1.06. The van der Waals surface area contributed by atoms with Crippen molar-refractivity contribution in [1.82, 2.24) is 9.88 Å². The molecule has 0 fully saturated rings. The van der Waals surface area contributed by atoms with Crippen molar-refractivity contribution in [3.8, 4) is 0 Å². The van der Waals surface area contributed by atoms with Gasteiger partial charge in [-0.3, -0.25) is 4.79 Å². The zero-order valence-electron chi connectivity index (χ0n) is 8.74. The summed E-state index contributed by atoms with van der Waals surface area (Å²) in [6.07, 6.45) is 1.67. The second-order valence-electron chi connectivity index (χ2n) is 3.16. The maximum Gasteiger partial charge on any atom is 0.271 e. The number of nitrogens with zero attached hydrogens (tertiary/aromatic N) is 2. The zero-order valence-corrected chi connectivity index (χ0v) is 8.74. The number of hydrogen-bond acceptors (Lipinski definition) is 3. The summed E-state index contributed by atoms with van der Waals surface area (Å²) in [4.78, 5) is 17.0. The predicted octanol–water partition coefficient (Wildman–Crippen LogP) is 1.22. The molecule has 4 heteroatoms. The Bertz CT molecular complexity index is 306. The van der Waals surface area contributed by atoms with Gasteiger partial charge < -0.3 is 10.2 Å². The third-order valence-electron chi connectivity index (χ3n) is 1.77. The molecule has 0 aromatic carbocycles. The Kier molecular flexibility index (Phi) is 3.45. The Morgan fingerprint density at radius 3 is 2.64 bits per heavy atom. The van der Waals surface area contributed by atoms with Crippen LogP contribution >= 0.6 is 0 Å². The fraction of sp³-hybridized carbons (Fsp3) is 0.400. The van der Waals surface area contributed by atoms with E-state index in [1.54, 1.807) is 26.4 Å². The van der Waals surface area contributed by atoms with E-state index in [1.165, 1.54) is 4.90 Å². The van der Waals surface area contributed by atoms with E-state index >= 15 is 0 Å². The summed E-state index contributed by atoms with van der Waals surface area (Å²) in [5.41, 5.74) is 1.40. The van der Waals surface area contributed by atoms with Crippen LogP contribution in [-0.4, -0.2) is 36.4 Å². The molecule has 0 aliphatic rings. The molecule has 0 saturated carbocycles. The van der Waals surface area contributed by atoms with Crippen LogP contribution in [-0.2, 0) is 0 Å². The molecule has 0 spiro atoms. The number of carbonyl (C=O) groups is 1. The first kappa shape index (κ1) is 10.5. The highest BCUT2D eigenvalue weighted by Gasteiger charge is 2.08. The Labute approximate surface area is 83.9 Å². The van der Waals surface area contributed by atoms with Gasteiger partial charge in [0.05, 0.1) is 11.9 Å². The Morgan fingerprint density at radius 1 is 1.50 bits per heavy atom. The van der Waals surface area contributed by atoms with E-state index in [2.05, 4.69) is 10.3 Å². The van der Waals surface area contributed by atoms with Gasteiger partial charge >= 0.3 is 0 Å². The molecule has 0 aliphatic carbocycles. The molecule has 76 valence electrons. The van der Waals surface area contributed by atoms with E-state index in [0.717, 1.165) is 12.2 Å². The monoisotopic (exact) mass is 193 g/mol. The summed E-state index contributed by atoms with van der Waals surface area (Å²) in [6.45, 7) is 2.86. The van der Waals surface area contributed by atoms with Crippen molar-refractivity contribution in [3.05, 3.63) is 24.0 Å². The van der Waals surface area contributed by atoms with Gasteiger partial charge in [0.1, 0.15) is 5.69 Å². The standard InChI is InChI=1S/C10H15N3O/c1-4-11-8-5-6-9(12-7-8)10(14)13(2)3/h5-7,11H,4H2,1-3H3. The van der Waals surface area contributed by atoms with Crippen LogP contribution in [0.2, 0.25) is 0 Å².